The lowest BCUT2D eigenvalue weighted by Gasteiger charge is -2.25. The number of methoxy groups -OCH3 is 1. The quantitative estimate of drug-likeness (QED) is 0.829. The second-order valence-corrected chi connectivity index (χ2v) is 6.36. The molecule has 4 nitrogen and oxygen atoms in total. The highest BCUT2D eigenvalue weighted by atomic mass is 19.1. The molecule has 0 radical (unpaired) electrons. The summed E-state index contributed by atoms with van der Waals surface area (Å²) in [4.78, 5) is 12.6. The number of hydrogen-bond acceptors (Lipinski definition) is 4. The molecule has 1 atom stereocenters. The smallest absolute Gasteiger partial charge is 0.333 e. The van der Waals surface area contributed by atoms with Gasteiger partial charge in [-0.3, -0.25) is 0 Å². The average Bonchev–Trinajstić information content (AvgIpc) is 2.52. The van der Waals surface area contributed by atoms with E-state index < -0.39 is 23.4 Å². The van der Waals surface area contributed by atoms with Gasteiger partial charge in [0.05, 0.1) is 7.11 Å². The summed E-state index contributed by atoms with van der Waals surface area (Å²) in [5, 5.41) is 3.04. The maximum absolute atomic E-state index is 14.2. The van der Waals surface area contributed by atoms with E-state index in [4.69, 9.17) is 9.47 Å². The molecule has 2 aromatic carbocycles. The van der Waals surface area contributed by atoms with E-state index in [0.717, 1.165) is 0 Å². The Balaban J connectivity index is 2.31. The van der Waals surface area contributed by atoms with Crippen LogP contribution in [0.3, 0.4) is 0 Å². The van der Waals surface area contributed by atoms with Crippen LogP contribution in [-0.4, -0.2) is 18.7 Å². The van der Waals surface area contributed by atoms with Gasteiger partial charge in [0, 0.05) is 11.3 Å². The zero-order valence-corrected chi connectivity index (χ0v) is 14.3. The van der Waals surface area contributed by atoms with Crippen LogP contribution in [0.4, 0.5) is 10.1 Å². The molecule has 128 valence electrons. The Morgan fingerprint density at radius 2 is 1.71 bits per heavy atom. The molecule has 0 amide bonds. The Labute approximate surface area is 141 Å². The van der Waals surface area contributed by atoms with E-state index in [0.29, 0.717) is 11.4 Å². The SMILES string of the molecule is COc1ccc(N[C@@H](C(=O)OC(C)(C)C)c2ccccc2F)cc1. The number of rotatable bonds is 5. The van der Waals surface area contributed by atoms with Crippen molar-refractivity contribution in [3.8, 4) is 5.75 Å². The van der Waals surface area contributed by atoms with Crippen LogP contribution in [0.5, 0.6) is 5.75 Å². The van der Waals surface area contributed by atoms with Crippen molar-refractivity contribution in [3.63, 3.8) is 0 Å². The molecule has 0 bridgehead atoms. The highest BCUT2D eigenvalue weighted by Crippen LogP contribution is 2.26. The highest BCUT2D eigenvalue weighted by molar-refractivity contribution is 5.81. The zero-order valence-electron chi connectivity index (χ0n) is 14.3. The first-order chi connectivity index (χ1) is 11.3. The number of esters is 1. The fourth-order valence-corrected chi connectivity index (χ4v) is 2.19. The van der Waals surface area contributed by atoms with Crippen LogP contribution in [0, 0.1) is 5.82 Å². The second-order valence-electron chi connectivity index (χ2n) is 6.36. The van der Waals surface area contributed by atoms with Crippen LogP contribution in [0.1, 0.15) is 32.4 Å². The van der Waals surface area contributed by atoms with Gasteiger partial charge in [-0.2, -0.15) is 0 Å². The lowest BCUT2D eigenvalue weighted by atomic mass is 10.1. The van der Waals surface area contributed by atoms with Crippen LogP contribution in [0.2, 0.25) is 0 Å². The normalized spacial score (nSPS) is 12.4. The molecule has 0 aromatic heterocycles. The van der Waals surface area contributed by atoms with E-state index >= 15 is 0 Å². The number of carbonyl (C=O) groups excluding carboxylic acids is 1. The van der Waals surface area contributed by atoms with Crippen molar-refractivity contribution < 1.29 is 18.7 Å². The Kier molecular flexibility index (Phi) is 5.44. The molecule has 2 aromatic rings. The minimum absolute atomic E-state index is 0.238. The van der Waals surface area contributed by atoms with Crippen LogP contribution in [0.15, 0.2) is 48.5 Å². The van der Waals surface area contributed by atoms with E-state index in [2.05, 4.69) is 5.32 Å². The molecule has 0 aliphatic heterocycles. The van der Waals surface area contributed by atoms with E-state index in [1.165, 1.54) is 6.07 Å². The Morgan fingerprint density at radius 1 is 1.08 bits per heavy atom. The van der Waals surface area contributed by atoms with Crippen molar-refractivity contribution in [1.82, 2.24) is 0 Å². The molecular formula is C19H22FNO3. The maximum Gasteiger partial charge on any atom is 0.333 e. The van der Waals surface area contributed by atoms with Gasteiger partial charge in [-0.15, -0.1) is 0 Å². The third kappa shape index (κ3) is 4.72. The molecule has 5 heteroatoms. The standard InChI is InChI=1S/C19H22FNO3/c1-19(2,3)24-18(22)17(15-7-5-6-8-16(15)20)21-13-9-11-14(23-4)12-10-13/h5-12,17,21H,1-4H3/t17-/m1/s1. The molecule has 0 aliphatic rings. The van der Waals surface area contributed by atoms with Gasteiger partial charge in [0.15, 0.2) is 6.04 Å². The second kappa shape index (κ2) is 7.34. The number of carbonyl (C=O) groups is 1. The first-order valence-electron chi connectivity index (χ1n) is 7.68. The Morgan fingerprint density at radius 3 is 2.25 bits per heavy atom. The van der Waals surface area contributed by atoms with Crippen molar-refractivity contribution in [3.05, 3.63) is 59.9 Å². The fourth-order valence-electron chi connectivity index (χ4n) is 2.19. The van der Waals surface area contributed by atoms with Gasteiger partial charge in [-0.25, -0.2) is 9.18 Å². The van der Waals surface area contributed by atoms with E-state index in [1.54, 1.807) is 70.3 Å². The lowest BCUT2D eigenvalue weighted by molar-refractivity contribution is -0.156. The summed E-state index contributed by atoms with van der Waals surface area (Å²) < 4.78 is 24.7. The first kappa shape index (κ1) is 17.8. The minimum atomic E-state index is -0.946. The van der Waals surface area contributed by atoms with Crippen molar-refractivity contribution in [2.75, 3.05) is 12.4 Å². The molecule has 0 saturated heterocycles. The van der Waals surface area contributed by atoms with Gasteiger partial charge in [0.1, 0.15) is 17.2 Å². The molecule has 0 spiro atoms. The predicted octanol–water partition coefficient (Wildman–Crippen LogP) is 4.33. The molecular weight excluding hydrogens is 309 g/mol. The van der Waals surface area contributed by atoms with E-state index in [9.17, 15) is 9.18 Å². The molecule has 1 N–H and O–H groups in total. The number of hydrogen-bond donors (Lipinski definition) is 1. The summed E-state index contributed by atoms with van der Waals surface area (Å²) in [7, 11) is 1.57. The molecule has 0 fully saturated rings. The molecule has 0 heterocycles. The number of benzene rings is 2. The van der Waals surface area contributed by atoms with Crippen molar-refractivity contribution in [1.29, 1.82) is 0 Å². The summed E-state index contributed by atoms with van der Waals surface area (Å²) in [5.41, 5.74) is 0.236. The third-order valence-electron chi connectivity index (χ3n) is 3.26. The molecule has 0 unspecified atom stereocenters. The topological polar surface area (TPSA) is 47.6 Å². The first-order valence-corrected chi connectivity index (χ1v) is 7.68. The third-order valence-corrected chi connectivity index (χ3v) is 3.26. The number of ether oxygens (including phenoxy) is 2. The molecule has 0 aliphatic carbocycles. The van der Waals surface area contributed by atoms with Gasteiger partial charge < -0.3 is 14.8 Å². The minimum Gasteiger partial charge on any atom is -0.497 e. The number of nitrogens with one attached hydrogen (secondary N) is 1. The van der Waals surface area contributed by atoms with E-state index in [1.807, 2.05) is 0 Å². The van der Waals surface area contributed by atoms with Crippen LogP contribution < -0.4 is 10.1 Å². The van der Waals surface area contributed by atoms with Crippen LogP contribution >= 0.6 is 0 Å². The summed E-state index contributed by atoms with van der Waals surface area (Å²) in [6.07, 6.45) is 0. The highest BCUT2D eigenvalue weighted by Gasteiger charge is 2.28. The van der Waals surface area contributed by atoms with Crippen LogP contribution in [-0.2, 0) is 9.53 Å². The summed E-state index contributed by atoms with van der Waals surface area (Å²) in [6, 6.07) is 12.3. The van der Waals surface area contributed by atoms with E-state index in [-0.39, 0.29) is 5.56 Å². The van der Waals surface area contributed by atoms with Gasteiger partial charge in [0.2, 0.25) is 0 Å². The lowest BCUT2D eigenvalue weighted by Crippen LogP contribution is -2.31. The molecule has 0 saturated carbocycles. The number of halogens is 1. The largest absolute Gasteiger partial charge is 0.497 e. The van der Waals surface area contributed by atoms with Gasteiger partial charge in [-0.1, -0.05) is 18.2 Å². The maximum atomic E-state index is 14.2. The summed E-state index contributed by atoms with van der Waals surface area (Å²) >= 11 is 0. The molecule has 24 heavy (non-hydrogen) atoms. The summed E-state index contributed by atoms with van der Waals surface area (Å²) in [5.74, 6) is -0.307. The fraction of sp³-hybridized carbons (Fsp3) is 0.316. The average molecular weight is 331 g/mol. The van der Waals surface area contributed by atoms with Crippen molar-refractivity contribution in [2.45, 2.75) is 32.4 Å². The molecule has 2 rings (SSSR count). The Hall–Kier alpha value is -2.56. The van der Waals surface area contributed by atoms with Crippen molar-refractivity contribution in [2.24, 2.45) is 0 Å². The van der Waals surface area contributed by atoms with Crippen LogP contribution in [0.25, 0.3) is 0 Å². The van der Waals surface area contributed by atoms with Gasteiger partial charge in [0.25, 0.3) is 0 Å². The van der Waals surface area contributed by atoms with Crippen molar-refractivity contribution >= 4 is 11.7 Å². The zero-order chi connectivity index (χ0) is 17.7. The number of anilines is 1. The monoisotopic (exact) mass is 331 g/mol. The predicted molar refractivity (Wildman–Crippen MR) is 91.6 cm³/mol. The van der Waals surface area contributed by atoms with Gasteiger partial charge in [-0.05, 0) is 51.1 Å². The summed E-state index contributed by atoms with van der Waals surface area (Å²) in [6.45, 7) is 5.32. The van der Waals surface area contributed by atoms with Gasteiger partial charge >= 0.3 is 5.97 Å². The Bertz CT molecular complexity index is 693.